The van der Waals surface area contributed by atoms with Gasteiger partial charge in [0.15, 0.2) is 5.96 Å². The molecule has 0 spiro atoms. The van der Waals surface area contributed by atoms with E-state index in [0.717, 1.165) is 37.7 Å². The lowest BCUT2D eigenvalue weighted by Gasteiger charge is -2.11. The number of thiazole rings is 1. The van der Waals surface area contributed by atoms with Gasteiger partial charge < -0.3 is 15.2 Å². The van der Waals surface area contributed by atoms with Gasteiger partial charge in [-0.15, -0.1) is 35.3 Å². The zero-order valence-electron chi connectivity index (χ0n) is 13.2. The number of hydrogen-bond donors (Lipinski definition) is 2. The first kappa shape index (κ1) is 18.9. The van der Waals surface area contributed by atoms with E-state index in [9.17, 15) is 0 Å². The summed E-state index contributed by atoms with van der Waals surface area (Å²) in [5.41, 5.74) is 1.14. The van der Waals surface area contributed by atoms with E-state index < -0.39 is 0 Å². The normalized spacial score (nSPS) is 11.1. The number of halogens is 1. The molecule has 2 rings (SSSR count). The van der Waals surface area contributed by atoms with E-state index >= 15 is 0 Å². The van der Waals surface area contributed by atoms with Crippen molar-refractivity contribution in [2.24, 2.45) is 4.99 Å². The summed E-state index contributed by atoms with van der Waals surface area (Å²) in [6.45, 7) is 6.67. The number of imidazole rings is 1. The molecule has 22 heavy (non-hydrogen) atoms. The van der Waals surface area contributed by atoms with Crippen LogP contribution in [0.1, 0.15) is 15.6 Å². The van der Waals surface area contributed by atoms with Gasteiger partial charge in [0.05, 0.1) is 17.0 Å². The van der Waals surface area contributed by atoms with Crippen molar-refractivity contribution in [3.63, 3.8) is 0 Å². The molecular formula is C14H23IN6S. The van der Waals surface area contributed by atoms with Crippen LogP contribution in [0.2, 0.25) is 0 Å². The van der Waals surface area contributed by atoms with Gasteiger partial charge in [-0.3, -0.25) is 4.99 Å². The highest BCUT2D eigenvalue weighted by molar-refractivity contribution is 14.0. The Labute approximate surface area is 152 Å². The van der Waals surface area contributed by atoms with Crippen molar-refractivity contribution in [1.82, 2.24) is 25.2 Å². The predicted molar refractivity (Wildman–Crippen MR) is 102 cm³/mol. The quantitative estimate of drug-likeness (QED) is 0.415. The molecule has 0 aliphatic rings. The molecule has 2 aromatic heterocycles. The Morgan fingerprint density at radius 1 is 1.32 bits per heavy atom. The van der Waals surface area contributed by atoms with Gasteiger partial charge in [-0.05, 0) is 13.8 Å². The molecule has 0 aliphatic carbocycles. The van der Waals surface area contributed by atoms with Crippen LogP contribution < -0.4 is 10.6 Å². The van der Waals surface area contributed by atoms with Crippen molar-refractivity contribution in [2.45, 2.75) is 26.8 Å². The fraction of sp³-hybridized carbons (Fsp3) is 0.500. The molecule has 0 saturated heterocycles. The lowest BCUT2D eigenvalue weighted by molar-refractivity contribution is 0.661. The third-order valence-electron chi connectivity index (χ3n) is 3.15. The molecule has 2 N–H and O–H groups in total. The second-order valence-electron chi connectivity index (χ2n) is 4.73. The van der Waals surface area contributed by atoms with Crippen LogP contribution in [0.4, 0.5) is 0 Å². The minimum atomic E-state index is 0. The average Bonchev–Trinajstić information content (AvgIpc) is 3.08. The predicted octanol–water partition coefficient (Wildman–Crippen LogP) is 1.98. The molecule has 0 bridgehead atoms. The Morgan fingerprint density at radius 2 is 2.09 bits per heavy atom. The van der Waals surface area contributed by atoms with E-state index in [-0.39, 0.29) is 24.0 Å². The highest BCUT2D eigenvalue weighted by Crippen LogP contribution is 2.16. The molecule has 6 nitrogen and oxygen atoms in total. The van der Waals surface area contributed by atoms with E-state index in [1.54, 1.807) is 24.6 Å². The van der Waals surface area contributed by atoms with Gasteiger partial charge in [0, 0.05) is 50.4 Å². The minimum Gasteiger partial charge on any atom is -0.356 e. The summed E-state index contributed by atoms with van der Waals surface area (Å²) in [6.07, 6.45) is 6.46. The number of hydrogen-bond acceptors (Lipinski definition) is 4. The molecule has 2 aromatic rings. The lowest BCUT2D eigenvalue weighted by Crippen LogP contribution is -2.39. The van der Waals surface area contributed by atoms with Crippen molar-refractivity contribution >= 4 is 41.3 Å². The van der Waals surface area contributed by atoms with Gasteiger partial charge in [0.25, 0.3) is 0 Å². The number of aromatic nitrogens is 3. The number of nitrogens with zero attached hydrogens (tertiary/aromatic N) is 4. The molecule has 0 radical (unpaired) electrons. The number of aliphatic imine (C=N–C) groups is 1. The number of guanidine groups is 1. The van der Waals surface area contributed by atoms with Crippen LogP contribution in [-0.2, 0) is 13.0 Å². The van der Waals surface area contributed by atoms with Crippen LogP contribution in [0.15, 0.2) is 23.7 Å². The molecule has 0 aromatic carbocycles. The van der Waals surface area contributed by atoms with E-state index in [1.807, 2.05) is 17.1 Å². The molecule has 8 heteroatoms. The van der Waals surface area contributed by atoms with Crippen molar-refractivity contribution in [3.05, 3.63) is 34.3 Å². The topological polar surface area (TPSA) is 67.1 Å². The smallest absolute Gasteiger partial charge is 0.191 e. The fourth-order valence-corrected chi connectivity index (χ4v) is 2.81. The van der Waals surface area contributed by atoms with Gasteiger partial charge in [0.1, 0.15) is 0 Å². The molecule has 0 saturated carbocycles. The maximum atomic E-state index is 4.54. The highest BCUT2D eigenvalue weighted by Gasteiger charge is 2.04. The van der Waals surface area contributed by atoms with Crippen LogP contribution in [0.5, 0.6) is 0 Å². The van der Waals surface area contributed by atoms with Crippen LogP contribution >= 0.6 is 35.3 Å². The first-order valence-corrected chi connectivity index (χ1v) is 7.84. The Bertz CT molecular complexity index is 559. The second-order valence-corrected chi connectivity index (χ2v) is 6.01. The first-order chi connectivity index (χ1) is 10.2. The first-order valence-electron chi connectivity index (χ1n) is 7.02. The van der Waals surface area contributed by atoms with E-state index in [2.05, 4.69) is 39.4 Å². The summed E-state index contributed by atoms with van der Waals surface area (Å²) >= 11 is 1.77. The standard InChI is InChI=1S/C14H22N6S.HI/c1-11-12(2)21-13(19-11)4-5-17-14(15-3)18-7-9-20-8-6-16-10-20;/h6,8,10H,4-5,7,9H2,1-3H3,(H2,15,17,18);1H. The Hall–Kier alpha value is -1.16. The Balaban J connectivity index is 0.00000242. The number of rotatable bonds is 6. The van der Waals surface area contributed by atoms with Crippen molar-refractivity contribution in [2.75, 3.05) is 20.1 Å². The molecule has 0 unspecified atom stereocenters. The van der Waals surface area contributed by atoms with Gasteiger partial charge in [0.2, 0.25) is 0 Å². The van der Waals surface area contributed by atoms with Gasteiger partial charge in [-0.25, -0.2) is 9.97 Å². The van der Waals surface area contributed by atoms with Gasteiger partial charge in [-0.2, -0.15) is 0 Å². The summed E-state index contributed by atoms with van der Waals surface area (Å²) in [4.78, 5) is 14.1. The average molecular weight is 434 g/mol. The Kier molecular flexibility index (Phi) is 8.39. The Morgan fingerprint density at radius 3 is 2.68 bits per heavy atom. The largest absolute Gasteiger partial charge is 0.356 e. The summed E-state index contributed by atoms with van der Waals surface area (Å²) in [5, 5.41) is 7.76. The minimum absolute atomic E-state index is 0. The summed E-state index contributed by atoms with van der Waals surface area (Å²) < 4.78 is 2.03. The van der Waals surface area contributed by atoms with Crippen molar-refractivity contribution in [3.8, 4) is 0 Å². The SMILES string of the molecule is CN=C(NCCc1nc(C)c(C)s1)NCCn1ccnc1.I. The molecule has 0 aliphatic heterocycles. The van der Waals surface area contributed by atoms with Gasteiger partial charge >= 0.3 is 0 Å². The zero-order chi connectivity index (χ0) is 15.1. The third-order valence-corrected chi connectivity index (χ3v) is 4.28. The highest BCUT2D eigenvalue weighted by atomic mass is 127. The van der Waals surface area contributed by atoms with Crippen LogP contribution in [-0.4, -0.2) is 40.6 Å². The van der Waals surface area contributed by atoms with Crippen LogP contribution in [0.3, 0.4) is 0 Å². The lowest BCUT2D eigenvalue weighted by atomic mass is 10.4. The van der Waals surface area contributed by atoms with E-state index in [1.165, 1.54) is 9.88 Å². The zero-order valence-corrected chi connectivity index (χ0v) is 16.3. The third kappa shape index (κ3) is 5.91. The summed E-state index contributed by atoms with van der Waals surface area (Å²) in [7, 11) is 1.78. The molecule has 2 heterocycles. The van der Waals surface area contributed by atoms with Gasteiger partial charge in [-0.1, -0.05) is 0 Å². The van der Waals surface area contributed by atoms with Crippen molar-refractivity contribution < 1.29 is 0 Å². The maximum absolute atomic E-state index is 4.54. The van der Waals surface area contributed by atoms with Crippen LogP contribution in [0.25, 0.3) is 0 Å². The fourth-order valence-electron chi connectivity index (χ4n) is 1.88. The molecule has 0 fully saturated rings. The monoisotopic (exact) mass is 434 g/mol. The number of aryl methyl sites for hydroxylation is 2. The molecular weight excluding hydrogens is 411 g/mol. The van der Waals surface area contributed by atoms with Crippen LogP contribution in [0, 0.1) is 13.8 Å². The van der Waals surface area contributed by atoms with Crippen molar-refractivity contribution in [1.29, 1.82) is 0 Å². The second kappa shape index (κ2) is 9.78. The molecule has 122 valence electrons. The molecule has 0 amide bonds. The maximum Gasteiger partial charge on any atom is 0.191 e. The van der Waals surface area contributed by atoms with E-state index in [4.69, 9.17) is 0 Å². The molecule has 0 atom stereocenters. The summed E-state index contributed by atoms with van der Waals surface area (Å²) in [6, 6.07) is 0. The van der Waals surface area contributed by atoms with E-state index in [0.29, 0.717) is 0 Å². The number of nitrogens with one attached hydrogen (secondary N) is 2. The summed E-state index contributed by atoms with van der Waals surface area (Å²) in [5.74, 6) is 0.820.